The van der Waals surface area contributed by atoms with Crippen LogP contribution in [0, 0.1) is 0 Å². The van der Waals surface area contributed by atoms with Gasteiger partial charge >= 0.3 is 5.97 Å². The summed E-state index contributed by atoms with van der Waals surface area (Å²) in [6.07, 6.45) is 8.02. The lowest BCUT2D eigenvalue weighted by Crippen LogP contribution is -2.36. The second-order valence-corrected chi connectivity index (χ2v) is 7.95. The summed E-state index contributed by atoms with van der Waals surface area (Å²) in [7, 11) is 1.65. The van der Waals surface area contributed by atoms with Gasteiger partial charge in [-0.2, -0.15) is 0 Å². The van der Waals surface area contributed by atoms with E-state index < -0.39 is 11.4 Å². The predicted molar refractivity (Wildman–Crippen MR) is 108 cm³/mol. The number of hydrogen-bond donors (Lipinski definition) is 0. The van der Waals surface area contributed by atoms with Crippen molar-refractivity contribution in [1.82, 2.24) is 0 Å². The van der Waals surface area contributed by atoms with Crippen LogP contribution in [0.25, 0.3) is 0 Å². The summed E-state index contributed by atoms with van der Waals surface area (Å²) in [6, 6.07) is 7.82. The number of methoxy groups -OCH3 is 1. The number of benzene rings is 1. The zero-order chi connectivity index (χ0) is 20.9. The molecule has 3 rings (SSSR count). The molecular weight excluding hydrogens is 372 g/mol. The standard InChI is InChI=1S/C23H30O6/c1-22(2)28-20(13-15-26-16-17-8-10-18(25-4)11-9-17)23(3,29-22)14-12-19-6-5-7-21(24)27-19/h5,7-12,14,19-20H,6,13,15-16H2,1-4H3/b14-12+/t19-,20-,23-/m1/s1. The van der Waals surface area contributed by atoms with Crippen molar-refractivity contribution in [1.29, 1.82) is 0 Å². The van der Waals surface area contributed by atoms with E-state index in [9.17, 15) is 4.79 Å². The van der Waals surface area contributed by atoms with Crippen LogP contribution in [0.15, 0.2) is 48.6 Å². The zero-order valence-corrected chi connectivity index (χ0v) is 17.6. The smallest absolute Gasteiger partial charge is 0.331 e. The van der Waals surface area contributed by atoms with Crippen LogP contribution in [0.3, 0.4) is 0 Å². The fourth-order valence-corrected chi connectivity index (χ4v) is 3.62. The molecule has 0 bridgehead atoms. The van der Waals surface area contributed by atoms with E-state index in [0.29, 0.717) is 26.1 Å². The molecule has 1 fully saturated rings. The molecule has 1 aromatic rings. The van der Waals surface area contributed by atoms with Crippen molar-refractivity contribution < 1.29 is 28.5 Å². The van der Waals surface area contributed by atoms with E-state index in [2.05, 4.69) is 0 Å². The molecule has 29 heavy (non-hydrogen) atoms. The van der Waals surface area contributed by atoms with Gasteiger partial charge in [-0.3, -0.25) is 0 Å². The molecule has 0 spiro atoms. The van der Waals surface area contributed by atoms with Gasteiger partial charge in [-0.25, -0.2) is 4.79 Å². The fourth-order valence-electron chi connectivity index (χ4n) is 3.62. The Bertz CT molecular complexity index is 751. The Morgan fingerprint density at radius 3 is 2.66 bits per heavy atom. The van der Waals surface area contributed by atoms with Crippen molar-refractivity contribution in [3.63, 3.8) is 0 Å². The Morgan fingerprint density at radius 2 is 1.97 bits per heavy atom. The number of cyclic esters (lactones) is 1. The van der Waals surface area contributed by atoms with Crippen molar-refractivity contribution in [2.45, 2.75) is 63.8 Å². The monoisotopic (exact) mass is 402 g/mol. The first-order valence-electron chi connectivity index (χ1n) is 9.95. The Kier molecular flexibility index (Phi) is 6.77. The molecule has 0 unspecified atom stereocenters. The summed E-state index contributed by atoms with van der Waals surface area (Å²) in [5.41, 5.74) is 0.463. The van der Waals surface area contributed by atoms with Crippen molar-refractivity contribution >= 4 is 5.97 Å². The van der Waals surface area contributed by atoms with E-state index in [4.69, 9.17) is 23.7 Å². The first-order valence-corrected chi connectivity index (χ1v) is 9.95. The predicted octanol–water partition coefficient (Wildman–Crippen LogP) is 3.94. The summed E-state index contributed by atoms with van der Waals surface area (Å²) >= 11 is 0. The maximum atomic E-state index is 11.4. The molecule has 2 aliphatic heterocycles. The van der Waals surface area contributed by atoms with Gasteiger partial charge in [0.05, 0.1) is 19.8 Å². The van der Waals surface area contributed by atoms with Gasteiger partial charge in [0, 0.05) is 25.5 Å². The van der Waals surface area contributed by atoms with Gasteiger partial charge in [0.25, 0.3) is 0 Å². The van der Waals surface area contributed by atoms with Crippen molar-refractivity contribution in [3.8, 4) is 5.75 Å². The third kappa shape index (κ3) is 5.92. The molecule has 1 saturated heterocycles. The Hall–Kier alpha value is -2.15. The van der Waals surface area contributed by atoms with Gasteiger partial charge in [0.2, 0.25) is 0 Å². The number of carbonyl (C=O) groups is 1. The summed E-state index contributed by atoms with van der Waals surface area (Å²) in [6.45, 7) is 6.87. The number of rotatable bonds is 8. The molecule has 1 aromatic carbocycles. The van der Waals surface area contributed by atoms with E-state index >= 15 is 0 Å². The molecule has 158 valence electrons. The average molecular weight is 402 g/mol. The summed E-state index contributed by atoms with van der Waals surface area (Å²) < 4.78 is 28.6. The van der Waals surface area contributed by atoms with Crippen LogP contribution in [-0.2, 0) is 30.3 Å². The quantitative estimate of drug-likeness (QED) is 0.373. The Balaban J connectivity index is 1.54. The molecule has 6 heteroatoms. The minimum absolute atomic E-state index is 0.167. The molecule has 0 N–H and O–H groups in total. The van der Waals surface area contributed by atoms with Crippen LogP contribution >= 0.6 is 0 Å². The Labute approximate surface area is 172 Å². The van der Waals surface area contributed by atoms with Crippen LogP contribution in [0.1, 0.15) is 39.2 Å². The second-order valence-electron chi connectivity index (χ2n) is 7.95. The van der Waals surface area contributed by atoms with Crippen LogP contribution in [0.5, 0.6) is 5.75 Å². The molecule has 0 aliphatic carbocycles. The lowest BCUT2D eigenvalue weighted by atomic mass is 9.95. The van der Waals surface area contributed by atoms with Gasteiger partial charge in [-0.05, 0) is 44.5 Å². The SMILES string of the molecule is COc1ccc(COCC[C@H]2OC(C)(C)O[C@]2(C)/C=C/[C@H]2CC=CC(=O)O2)cc1. The first-order chi connectivity index (χ1) is 13.8. The fraction of sp³-hybridized carbons (Fsp3) is 0.522. The lowest BCUT2D eigenvalue weighted by Gasteiger charge is -2.26. The van der Waals surface area contributed by atoms with E-state index in [1.165, 1.54) is 6.08 Å². The zero-order valence-electron chi connectivity index (χ0n) is 17.6. The number of carbonyl (C=O) groups excluding carboxylic acids is 1. The van der Waals surface area contributed by atoms with Gasteiger partial charge < -0.3 is 23.7 Å². The molecule has 0 radical (unpaired) electrons. The maximum Gasteiger partial charge on any atom is 0.331 e. The highest BCUT2D eigenvalue weighted by Crippen LogP contribution is 2.39. The highest BCUT2D eigenvalue weighted by Gasteiger charge is 2.48. The maximum absolute atomic E-state index is 11.4. The van der Waals surface area contributed by atoms with Crippen LogP contribution in [0.2, 0.25) is 0 Å². The minimum atomic E-state index is -0.692. The van der Waals surface area contributed by atoms with E-state index in [0.717, 1.165) is 11.3 Å². The number of hydrogen-bond acceptors (Lipinski definition) is 6. The summed E-state index contributed by atoms with van der Waals surface area (Å²) in [5, 5.41) is 0. The molecule has 6 nitrogen and oxygen atoms in total. The van der Waals surface area contributed by atoms with E-state index in [-0.39, 0.29) is 18.2 Å². The number of ether oxygens (including phenoxy) is 5. The minimum Gasteiger partial charge on any atom is -0.497 e. The van der Waals surface area contributed by atoms with E-state index in [1.54, 1.807) is 7.11 Å². The van der Waals surface area contributed by atoms with Crippen molar-refractivity contribution in [2.75, 3.05) is 13.7 Å². The molecule has 0 aromatic heterocycles. The molecular formula is C23H30O6. The topological polar surface area (TPSA) is 63.2 Å². The molecule has 0 saturated carbocycles. The van der Waals surface area contributed by atoms with Crippen molar-refractivity contribution in [3.05, 3.63) is 54.1 Å². The summed E-state index contributed by atoms with van der Waals surface area (Å²) in [4.78, 5) is 11.4. The third-order valence-electron chi connectivity index (χ3n) is 5.01. The average Bonchev–Trinajstić information content (AvgIpc) is 2.93. The molecule has 3 atom stereocenters. The number of esters is 1. The largest absolute Gasteiger partial charge is 0.497 e. The van der Waals surface area contributed by atoms with Gasteiger partial charge in [-0.1, -0.05) is 24.3 Å². The van der Waals surface area contributed by atoms with Crippen molar-refractivity contribution in [2.24, 2.45) is 0 Å². The molecule has 2 aliphatic rings. The molecule has 0 amide bonds. The third-order valence-corrected chi connectivity index (χ3v) is 5.01. The van der Waals surface area contributed by atoms with Gasteiger partial charge in [0.1, 0.15) is 17.5 Å². The van der Waals surface area contributed by atoms with Crippen LogP contribution < -0.4 is 4.74 Å². The first kappa shape index (κ1) is 21.6. The van der Waals surface area contributed by atoms with Crippen LogP contribution in [-0.4, -0.2) is 43.3 Å². The Morgan fingerprint density at radius 1 is 1.21 bits per heavy atom. The second kappa shape index (κ2) is 9.11. The van der Waals surface area contributed by atoms with E-state index in [1.807, 2.05) is 63.3 Å². The summed E-state index contributed by atoms with van der Waals surface area (Å²) in [5.74, 6) is -0.180. The van der Waals surface area contributed by atoms with Crippen LogP contribution in [0.4, 0.5) is 0 Å². The van der Waals surface area contributed by atoms with Gasteiger partial charge in [-0.15, -0.1) is 0 Å². The highest BCUT2D eigenvalue weighted by atomic mass is 16.8. The lowest BCUT2D eigenvalue weighted by molar-refractivity contribution is -0.154. The van der Waals surface area contributed by atoms with Gasteiger partial charge in [0.15, 0.2) is 5.79 Å². The molecule has 2 heterocycles. The normalized spacial score (nSPS) is 28.6. The highest BCUT2D eigenvalue weighted by molar-refractivity contribution is 5.82.